The van der Waals surface area contributed by atoms with Crippen LogP contribution in [-0.4, -0.2) is 18.8 Å². The molecular weight excluding hydrogens is 247 g/mol. The Morgan fingerprint density at radius 1 is 1.47 bits per heavy atom. The van der Waals surface area contributed by atoms with Crippen LogP contribution < -0.4 is 5.84 Å². The number of halogens is 1. The maximum absolute atomic E-state index is 13.0. The van der Waals surface area contributed by atoms with E-state index in [1.54, 1.807) is 19.1 Å². The number of benzene rings is 1. The molecule has 0 aliphatic carbocycles. The van der Waals surface area contributed by atoms with Crippen LogP contribution in [0.1, 0.15) is 11.1 Å². The van der Waals surface area contributed by atoms with Crippen molar-refractivity contribution in [1.82, 2.24) is 0 Å². The Kier molecular flexibility index (Phi) is 5.00. The summed E-state index contributed by atoms with van der Waals surface area (Å²) in [4.78, 5) is 11.2. The van der Waals surface area contributed by atoms with Crippen molar-refractivity contribution in [3.8, 4) is 0 Å². The zero-order valence-corrected chi connectivity index (χ0v) is 10.8. The van der Waals surface area contributed by atoms with Gasteiger partial charge in [-0.15, -0.1) is 0 Å². The predicted molar refractivity (Wildman–Crippen MR) is 72.9 cm³/mol. The van der Waals surface area contributed by atoms with Crippen molar-refractivity contribution in [3.05, 3.63) is 53.9 Å². The van der Waals surface area contributed by atoms with Crippen LogP contribution in [0.15, 0.2) is 42.0 Å². The van der Waals surface area contributed by atoms with Crippen LogP contribution in [0.5, 0.6) is 0 Å². The van der Waals surface area contributed by atoms with Crippen LogP contribution in [0.2, 0.25) is 0 Å². The summed E-state index contributed by atoms with van der Waals surface area (Å²) in [6, 6.07) is 4.38. The van der Waals surface area contributed by atoms with Crippen LogP contribution >= 0.6 is 0 Å². The number of carbonyl (C=O) groups is 1. The number of carbonyl (C=O) groups excluding carboxylic acids is 1. The Bertz CT molecular complexity index is 563. The second kappa shape index (κ2) is 6.49. The highest BCUT2D eigenvalue weighted by Gasteiger charge is 2.08. The molecule has 0 saturated carbocycles. The molecule has 0 aliphatic rings. The van der Waals surface area contributed by atoms with Gasteiger partial charge < -0.3 is 10.6 Å². The quantitative estimate of drug-likeness (QED) is 0.297. The largest absolute Gasteiger partial charge is 0.464 e. The first-order chi connectivity index (χ1) is 8.99. The highest BCUT2D eigenvalue weighted by molar-refractivity contribution is 6.41. The van der Waals surface area contributed by atoms with E-state index >= 15 is 0 Å². The van der Waals surface area contributed by atoms with Gasteiger partial charge in [-0.1, -0.05) is 18.7 Å². The molecule has 0 bridgehead atoms. The number of esters is 1. The van der Waals surface area contributed by atoms with Crippen LogP contribution in [-0.2, 0) is 9.53 Å². The first-order valence-electron chi connectivity index (χ1n) is 5.49. The van der Waals surface area contributed by atoms with Gasteiger partial charge in [-0.25, -0.2) is 9.18 Å². The molecule has 0 aromatic heterocycles. The second-order valence-electron chi connectivity index (χ2n) is 3.82. The minimum atomic E-state index is -0.637. The van der Waals surface area contributed by atoms with Crippen molar-refractivity contribution in [2.24, 2.45) is 10.9 Å². The fourth-order valence-electron chi connectivity index (χ4n) is 1.53. The van der Waals surface area contributed by atoms with Gasteiger partial charge in [0, 0.05) is 0 Å². The molecule has 1 rings (SSSR count). The Hall–Kier alpha value is -2.43. The highest BCUT2D eigenvalue weighted by Crippen LogP contribution is 2.19. The molecule has 0 spiro atoms. The summed E-state index contributed by atoms with van der Waals surface area (Å²) in [6.07, 6.45) is 2.97. The molecule has 1 aromatic carbocycles. The summed E-state index contributed by atoms with van der Waals surface area (Å²) < 4.78 is 17.5. The van der Waals surface area contributed by atoms with E-state index in [2.05, 4.69) is 16.4 Å². The molecule has 0 heterocycles. The van der Waals surface area contributed by atoms with E-state index in [0.29, 0.717) is 5.57 Å². The second-order valence-corrected chi connectivity index (χ2v) is 3.82. The van der Waals surface area contributed by atoms with Gasteiger partial charge in [-0.05, 0) is 41.8 Å². The maximum Gasteiger partial charge on any atom is 0.358 e. The lowest BCUT2D eigenvalue weighted by Gasteiger charge is -2.05. The standard InChI is InChI=1S/C14H15FN2O2/c1-9(4-7-13(17-16)14(18)19-3)12-6-5-11(15)8-10(12)2/h4-8H,1,16H2,2-3H3/b7-4-,17-13+. The van der Waals surface area contributed by atoms with Gasteiger partial charge in [-0.3, -0.25) is 0 Å². The Morgan fingerprint density at radius 3 is 2.68 bits per heavy atom. The molecule has 5 heteroatoms. The summed E-state index contributed by atoms with van der Waals surface area (Å²) in [5.74, 6) is 4.14. The Balaban J connectivity index is 2.93. The number of aryl methyl sites for hydroxylation is 1. The van der Waals surface area contributed by atoms with Crippen LogP contribution in [0.25, 0.3) is 5.57 Å². The summed E-state index contributed by atoms with van der Waals surface area (Å²) in [5.41, 5.74) is 2.11. The lowest BCUT2D eigenvalue weighted by molar-refractivity contribution is -0.132. The molecule has 0 unspecified atom stereocenters. The Morgan fingerprint density at radius 2 is 2.16 bits per heavy atom. The van der Waals surface area contributed by atoms with E-state index in [1.165, 1.54) is 25.3 Å². The van der Waals surface area contributed by atoms with Gasteiger partial charge in [0.15, 0.2) is 5.71 Å². The van der Waals surface area contributed by atoms with Crippen molar-refractivity contribution in [2.75, 3.05) is 7.11 Å². The molecule has 4 nitrogen and oxygen atoms in total. The SMILES string of the molecule is C=C(/C=C\C(=N/N)C(=O)OC)c1ccc(F)cc1C. The van der Waals surface area contributed by atoms with Crippen molar-refractivity contribution in [1.29, 1.82) is 0 Å². The minimum absolute atomic E-state index is 0.0246. The summed E-state index contributed by atoms with van der Waals surface area (Å²) >= 11 is 0. The fourth-order valence-corrected chi connectivity index (χ4v) is 1.53. The number of hydrogen-bond acceptors (Lipinski definition) is 4. The van der Waals surface area contributed by atoms with Gasteiger partial charge in [0.1, 0.15) is 5.82 Å². The zero-order chi connectivity index (χ0) is 14.4. The van der Waals surface area contributed by atoms with Gasteiger partial charge in [0.25, 0.3) is 0 Å². The summed E-state index contributed by atoms with van der Waals surface area (Å²) in [5, 5.41) is 3.32. The molecular formula is C14H15FN2O2. The number of allylic oxidation sites excluding steroid dienone is 2. The van der Waals surface area contributed by atoms with E-state index in [4.69, 9.17) is 5.84 Å². The van der Waals surface area contributed by atoms with Crippen molar-refractivity contribution < 1.29 is 13.9 Å². The normalized spacial score (nSPS) is 11.6. The third-order valence-electron chi connectivity index (χ3n) is 2.51. The summed E-state index contributed by atoms with van der Waals surface area (Å²) in [6.45, 7) is 5.62. The topological polar surface area (TPSA) is 64.7 Å². The first kappa shape index (κ1) is 14.6. The van der Waals surface area contributed by atoms with E-state index in [1.807, 2.05) is 0 Å². The number of hydrogen-bond donors (Lipinski definition) is 1. The number of nitrogens with two attached hydrogens (primary N) is 1. The first-order valence-corrected chi connectivity index (χ1v) is 5.49. The van der Waals surface area contributed by atoms with E-state index in [0.717, 1.165) is 11.1 Å². The highest BCUT2D eigenvalue weighted by atomic mass is 19.1. The number of methoxy groups -OCH3 is 1. The molecule has 100 valence electrons. The lowest BCUT2D eigenvalue weighted by Crippen LogP contribution is -2.15. The van der Waals surface area contributed by atoms with Crippen LogP contribution in [0, 0.1) is 12.7 Å². The monoisotopic (exact) mass is 262 g/mol. The molecule has 1 aromatic rings. The summed E-state index contributed by atoms with van der Waals surface area (Å²) in [7, 11) is 1.24. The van der Waals surface area contributed by atoms with Gasteiger partial charge in [-0.2, -0.15) is 5.10 Å². The average Bonchev–Trinajstić information content (AvgIpc) is 2.38. The minimum Gasteiger partial charge on any atom is -0.464 e. The third kappa shape index (κ3) is 3.77. The molecule has 2 N–H and O–H groups in total. The Labute approximate surface area is 111 Å². The zero-order valence-electron chi connectivity index (χ0n) is 10.8. The van der Waals surface area contributed by atoms with Crippen molar-refractivity contribution in [3.63, 3.8) is 0 Å². The van der Waals surface area contributed by atoms with Gasteiger partial charge >= 0.3 is 5.97 Å². The number of rotatable bonds is 4. The van der Waals surface area contributed by atoms with Gasteiger partial charge in [0.2, 0.25) is 0 Å². The molecule has 19 heavy (non-hydrogen) atoms. The molecule has 0 amide bonds. The van der Waals surface area contributed by atoms with Crippen molar-refractivity contribution in [2.45, 2.75) is 6.92 Å². The van der Waals surface area contributed by atoms with Crippen molar-refractivity contribution >= 4 is 17.3 Å². The van der Waals surface area contributed by atoms with E-state index < -0.39 is 5.97 Å². The molecule has 0 aliphatic heterocycles. The number of nitrogens with zero attached hydrogens (tertiary/aromatic N) is 1. The van der Waals surface area contributed by atoms with Crippen LogP contribution in [0.4, 0.5) is 4.39 Å². The molecule has 0 radical (unpaired) electrons. The third-order valence-corrected chi connectivity index (χ3v) is 2.51. The number of hydrazone groups is 1. The van der Waals surface area contributed by atoms with Crippen LogP contribution in [0.3, 0.4) is 0 Å². The van der Waals surface area contributed by atoms with E-state index in [-0.39, 0.29) is 11.5 Å². The fraction of sp³-hybridized carbons (Fsp3) is 0.143. The van der Waals surface area contributed by atoms with Gasteiger partial charge in [0.05, 0.1) is 7.11 Å². The average molecular weight is 262 g/mol. The lowest BCUT2D eigenvalue weighted by atomic mass is 10.0. The molecule has 0 fully saturated rings. The smallest absolute Gasteiger partial charge is 0.358 e. The van der Waals surface area contributed by atoms with E-state index in [9.17, 15) is 9.18 Å². The molecule has 0 atom stereocenters. The number of ether oxygens (including phenoxy) is 1. The predicted octanol–water partition coefficient (Wildman–Crippen LogP) is 2.19. The maximum atomic E-state index is 13.0. The molecule has 0 saturated heterocycles.